The van der Waals surface area contributed by atoms with Gasteiger partial charge in [0.05, 0.1) is 11.8 Å². The zero-order chi connectivity index (χ0) is 10.4. The van der Waals surface area contributed by atoms with Crippen LogP contribution >= 0.6 is 0 Å². The predicted octanol–water partition coefficient (Wildman–Crippen LogP) is -2.26. The average molecular weight is 210 g/mol. The Hall–Kier alpha value is -0.990. The smallest absolute Gasteiger partial charge is 0.322 e. The molecule has 2 atom stereocenters. The van der Waals surface area contributed by atoms with Crippen molar-refractivity contribution in [2.45, 2.75) is 6.04 Å². The molecule has 0 bridgehead atoms. The molecule has 8 heteroatoms. The van der Waals surface area contributed by atoms with Crippen LogP contribution in [0.2, 0.25) is 0 Å². The van der Waals surface area contributed by atoms with Crippen LogP contribution < -0.4 is 11.1 Å². The van der Waals surface area contributed by atoms with Crippen molar-refractivity contribution < 1.29 is 23.5 Å². The lowest BCUT2D eigenvalue weighted by atomic mass is 10.3. The summed E-state index contributed by atoms with van der Waals surface area (Å²) in [6.07, 6.45) is 0. The fourth-order valence-electron chi connectivity index (χ4n) is 0.523. The highest BCUT2D eigenvalue weighted by atomic mass is 32.2. The molecule has 76 valence electrons. The topological polar surface area (TPSA) is 130 Å². The molecule has 7 nitrogen and oxygen atoms in total. The van der Waals surface area contributed by atoms with Crippen LogP contribution in [0.25, 0.3) is 0 Å². The fourth-order valence-corrected chi connectivity index (χ4v) is 0.982. The molecular weight excluding hydrogens is 200 g/mol. The second kappa shape index (κ2) is 5.62. The average Bonchev–Trinajstić information content (AvgIpc) is 1.98. The summed E-state index contributed by atoms with van der Waals surface area (Å²) >= 11 is -2.16. The number of carbonyl (C=O) groups excluding carboxylic acids is 1. The highest BCUT2D eigenvalue weighted by molar-refractivity contribution is 7.79. The van der Waals surface area contributed by atoms with Crippen LogP contribution in [-0.2, 0) is 20.7 Å². The molecule has 0 aromatic carbocycles. The molecular formula is C5H10N2O5S. The fraction of sp³-hybridized carbons (Fsp3) is 0.600. The van der Waals surface area contributed by atoms with Crippen LogP contribution in [0, 0.1) is 0 Å². The number of hydrogen-bond donors (Lipinski definition) is 4. The molecule has 0 spiro atoms. The molecule has 0 aliphatic rings. The van der Waals surface area contributed by atoms with Crippen molar-refractivity contribution in [1.29, 1.82) is 0 Å². The van der Waals surface area contributed by atoms with E-state index in [1.165, 1.54) is 0 Å². The predicted molar refractivity (Wildman–Crippen MR) is 44.3 cm³/mol. The third-order valence-corrected chi connectivity index (χ3v) is 1.72. The number of amides is 1. The van der Waals surface area contributed by atoms with E-state index in [0.29, 0.717) is 0 Å². The Kier molecular flexibility index (Phi) is 5.19. The molecule has 0 saturated heterocycles. The van der Waals surface area contributed by atoms with Gasteiger partial charge in [-0.2, -0.15) is 0 Å². The highest BCUT2D eigenvalue weighted by Crippen LogP contribution is 1.83. The van der Waals surface area contributed by atoms with Gasteiger partial charge in [0, 0.05) is 0 Å². The van der Waals surface area contributed by atoms with Crippen molar-refractivity contribution in [3.05, 3.63) is 0 Å². The molecule has 0 aliphatic carbocycles. The van der Waals surface area contributed by atoms with Crippen molar-refractivity contribution >= 4 is 23.0 Å². The Balaban J connectivity index is 3.82. The summed E-state index contributed by atoms with van der Waals surface area (Å²) in [5, 5.41) is 10.1. The van der Waals surface area contributed by atoms with E-state index in [4.69, 9.17) is 15.4 Å². The second-order valence-corrected chi connectivity index (χ2v) is 3.18. The van der Waals surface area contributed by atoms with Crippen LogP contribution in [0.5, 0.6) is 0 Å². The molecule has 0 aliphatic heterocycles. The van der Waals surface area contributed by atoms with E-state index in [9.17, 15) is 13.8 Å². The lowest BCUT2D eigenvalue weighted by Crippen LogP contribution is -2.45. The normalized spacial score (nSPS) is 14.6. The van der Waals surface area contributed by atoms with Gasteiger partial charge in [0.15, 0.2) is 11.1 Å². The molecule has 0 saturated carbocycles. The van der Waals surface area contributed by atoms with Gasteiger partial charge in [-0.3, -0.25) is 9.59 Å². The third-order valence-electron chi connectivity index (χ3n) is 1.07. The Bertz CT molecular complexity index is 231. The van der Waals surface area contributed by atoms with Gasteiger partial charge in [-0.15, -0.1) is 0 Å². The number of rotatable bonds is 5. The van der Waals surface area contributed by atoms with Crippen molar-refractivity contribution in [2.75, 3.05) is 12.3 Å². The Morgan fingerprint density at radius 3 is 2.46 bits per heavy atom. The molecule has 0 aromatic rings. The van der Waals surface area contributed by atoms with Gasteiger partial charge in [-0.05, 0) is 0 Å². The van der Waals surface area contributed by atoms with Crippen LogP contribution in [0.3, 0.4) is 0 Å². The molecule has 1 amide bonds. The van der Waals surface area contributed by atoms with E-state index in [2.05, 4.69) is 0 Å². The van der Waals surface area contributed by atoms with Crippen LogP contribution in [-0.4, -0.2) is 44.1 Å². The summed E-state index contributed by atoms with van der Waals surface area (Å²) in [5.74, 6) is -2.37. The van der Waals surface area contributed by atoms with E-state index < -0.39 is 41.3 Å². The first-order valence-corrected chi connectivity index (χ1v) is 4.53. The lowest BCUT2D eigenvalue weighted by molar-refractivity contribution is -0.138. The van der Waals surface area contributed by atoms with Crippen molar-refractivity contribution in [3.63, 3.8) is 0 Å². The van der Waals surface area contributed by atoms with E-state index in [1.807, 2.05) is 5.32 Å². The van der Waals surface area contributed by atoms with Crippen molar-refractivity contribution in [3.8, 4) is 0 Å². The number of hydrogen-bond acceptors (Lipinski definition) is 4. The minimum atomic E-state index is -2.16. The van der Waals surface area contributed by atoms with Gasteiger partial charge >= 0.3 is 5.97 Å². The van der Waals surface area contributed by atoms with Crippen molar-refractivity contribution in [2.24, 2.45) is 5.73 Å². The summed E-state index contributed by atoms with van der Waals surface area (Å²) in [4.78, 5) is 20.8. The quantitative estimate of drug-likeness (QED) is 0.379. The minimum Gasteiger partial charge on any atom is -0.480 e. The Labute approximate surface area is 76.6 Å². The van der Waals surface area contributed by atoms with Gasteiger partial charge in [0.1, 0.15) is 6.54 Å². The monoisotopic (exact) mass is 210 g/mol. The zero-order valence-corrected chi connectivity index (χ0v) is 7.41. The maximum absolute atomic E-state index is 10.8. The molecule has 0 aromatic heterocycles. The van der Waals surface area contributed by atoms with E-state index in [1.54, 1.807) is 0 Å². The third kappa shape index (κ3) is 6.20. The number of nitrogens with one attached hydrogen (secondary N) is 1. The van der Waals surface area contributed by atoms with Crippen LogP contribution in [0.4, 0.5) is 0 Å². The second-order valence-electron chi connectivity index (χ2n) is 2.21. The molecule has 0 rings (SSSR count). The highest BCUT2D eigenvalue weighted by Gasteiger charge is 2.15. The summed E-state index contributed by atoms with van der Waals surface area (Å²) in [5.41, 5.74) is 5.15. The first kappa shape index (κ1) is 12.0. The van der Waals surface area contributed by atoms with E-state index in [0.717, 1.165) is 0 Å². The molecule has 13 heavy (non-hydrogen) atoms. The van der Waals surface area contributed by atoms with Gasteiger partial charge in [-0.25, -0.2) is 4.21 Å². The Morgan fingerprint density at radius 1 is 1.54 bits per heavy atom. The van der Waals surface area contributed by atoms with E-state index >= 15 is 0 Å². The molecule has 5 N–H and O–H groups in total. The van der Waals surface area contributed by atoms with Crippen LogP contribution in [0.15, 0.2) is 0 Å². The minimum absolute atomic E-state index is 0.411. The Morgan fingerprint density at radius 2 is 2.08 bits per heavy atom. The SMILES string of the molecule is NC(CS(=O)O)C(=O)NCC(=O)O. The van der Waals surface area contributed by atoms with Crippen LogP contribution in [0.1, 0.15) is 0 Å². The van der Waals surface area contributed by atoms with Gasteiger partial charge in [-0.1, -0.05) is 0 Å². The molecule has 0 fully saturated rings. The maximum atomic E-state index is 10.8. The number of nitrogens with two attached hydrogens (primary N) is 1. The van der Waals surface area contributed by atoms with Gasteiger partial charge in [0.2, 0.25) is 5.91 Å². The molecule has 0 radical (unpaired) electrons. The van der Waals surface area contributed by atoms with Gasteiger partial charge in [0.25, 0.3) is 0 Å². The summed E-state index contributed by atoms with van der Waals surface area (Å²) < 4.78 is 18.5. The largest absolute Gasteiger partial charge is 0.480 e. The molecule has 0 heterocycles. The summed E-state index contributed by atoms with van der Waals surface area (Å²) in [6, 6.07) is -1.16. The van der Waals surface area contributed by atoms with E-state index in [-0.39, 0.29) is 0 Å². The number of carbonyl (C=O) groups is 2. The standard InChI is InChI=1S/C5H10N2O5S/c6-3(2-13(11)12)5(10)7-1-4(8)9/h3H,1-2,6H2,(H,7,10)(H,8,9)(H,11,12). The summed E-state index contributed by atoms with van der Waals surface area (Å²) in [7, 11) is 0. The summed E-state index contributed by atoms with van der Waals surface area (Å²) in [6.45, 7) is -0.551. The zero-order valence-electron chi connectivity index (χ0n) is 6.60. The number of carboxylic acids is 1. The van der Waals surface area contributed by atoms with Crippen molar-refractivity contribution in [1.82, 2.24) is 5.32 Å². The van der Waals surface area contributed by atoms with Gasteiger partial charge < -0.3 is 20.7 Å². The first-order chi connectivity index (χ1) is 5.93. The first-order valence-electron chi connectivity index (χ1n) is 3.26. The maximum Gasteiger partial charge on any atom is 0.322 e. The number of aliphatic carboxylic acids is 1. The lowest BCUT2D eigenvalue weighted by Gasteiger charge is -2.07. The molecule has 2 unspecified atom stereocenters. The number of carboxylic acid groups (broad SMARTS) is 1.